The molecule has 1 aliphatic rings. The average Bonchev–Trinajstić information content (AvgIpc) is 2.43. The van der Waals surface area contributed by atoms with Gasteiger partial charge in [0.15, 0.2) is 0 Å². The molecular weight excluding hydrogens is 461 g/mol. The maximum atomic E-state index is 6.45. The van der Waals surface area contributed by atoms with E-state index in [1.165, 1.54) is 19.3 Å². The van der Waals surface area contributed by atoms with Crippen molar-refractivity contribution in [1.82, 2.24) is 14.7 Å². The molecule has 0 bridgehead atoms. The summed E-state index contributed by atoms with van der Waals surface area (Å²) in [4.78, 5) is 7.76. The molecule has 0 unspecified atom stereocenters. The third kappa shape index (κ3) is 15.3. The molecule has 0 spiro atoms. The van der Waals surface area contributed by atoms with Crippen molar-refractivity contribution in [3.05, 3.63) is 0 Å². The SMILES string of the molecule is CS(C)(Cl)CCCN1CN(CCCS(C)(C)Cl)CN(CCCS(C)(C)Cl)C1. The van der Waals surface area contributed by atoms with Crippen LogP contribution in [0, 0.1) is 0 Å². The summed E-state index contributed by atoms with van der Waals surface area (Å²) in [5, 5.41) is 0. The summed E-state index contributed by atoms with van der Waals surface area (Å²) >= 11 is 0. The molecule has 0 aromatic heterocycles. The third-order valence-corrected chi connectivity index (χ3v) is 9.68. The van der Waals surface area contributed by atoms with Crippen LogP contribution in [0.2, 0.25) is 0 Å². The molecule has 0 atom stereocenters. The number of nitrogens with zero attached hydrogens (tertiary/aromatic N) is 3. The van der Waals surface area contributed by atoms with E-state index in [1.54, 1.807) is 0 Å². The van der Waals surface area contributed by atoms with E-state index in [0.717, 1.165) is 56.9 Å². The van der Waals surface area contributed by atoms with Crippen LogP contribution in [-0.2, 0) is 0 Å². The van der Waals surface area contributed by atoms with Gasteiger partial charge in [0.1, 0.15) is 0 Å². The zero-order chi connectivity index (χ0) is 20.7. The number of halogens is 3. The highest BCUT2D eigenvalue weighted by molar-refractivity contribution is 8.50. The van der Waals surface area contributed by atoms with Crippen molar-refractivity contribution in [1.29, 1.82) is 0 Å². The van der Waals surface area contributed by atoms with Gasteiger partial charge >= 0.3 is 0 Å². The van der Waals surface area contributed by atoms with Gasteiger partial charge in [-0.2, -0.15) is 27.7 Å². The number of rotatable bonds is 12. The normalized spacial score (nSPS) is 20.8. The quantitative estimate of drug-likeness (QED) is 0.344. The summed E-state index contributed by atoms with van der Waals surface area (Å²) < 4.78 is 0. The zero-order valence-electron chi connectivity index (χ0n) is 18.2. The fraction of sp³-hybridized carbons (Fsp3) is 1.00. The molecule has 1 heterocycles. The first-order valence-corrected chi connectivity index (χ1v) is 20.0. The van der Waals surface area contributed by atoms with E-state index in [2.05, 4.69) is 52.2 Å². The van der Waals surface area contributed by atoms with Crippen molar-refractivity contribution in [2.24, 2.45) is 0 Å². The molecule has 0 aliphatic carbocycles. The van der Waals surface area contributed by atoms with Crippen molar-refractivity contribution in [3.63, 3.8) is 0 Å². The maximum absolute atomic E-state index is 6.45. The van der Waals surface area contributed by atoms with Gasteiger partial charge in [-0.25, -0.2) is 0 Å². The Morgan fingerprint density at radius 2 is 0.741 bits per heavy atom. The summed E-state index contributed by atoms with van der Waals surface area (Å²) in [7, 11) is 16.6. The lowest BCUT2D eigenvalue weighted by molar-refractivity contribution is -0.0285. The van der Waals surface area contributed by atoms with Gasteiger partial charge in [-0.05, 0) is 74.1 Å². The molecule has 1 rings (SSSR count). The second kappa shape index (κ2) is 12.0. The Labute approximate surface area is 187 Å². The van der Waals surface area contributed by atoms with Gasteiger partial charge in [0.2, 0.25) is 0 Å². The Balaban J connectivity index is 2.51. The van der Waals surface area contributed by atoms with Crippen LogP contribution in [0.15, 0.2) is 0 Å². The van der Waals surface area contributed by atoms with E-state index >= 15 is 0 Å². The summed E-state index contributed by atoms with van der Waals surface area (Å²) in [6.07, 6.45) is 16.7. The van der Waals surface area contributed by atoms with Gasteiger partial charge in [0.25, 0.3) is 0 Å². The highest BCUT2D eigenvalue weighted by atomic mass is 35.7. The molecule has 0 N–H and O–H groups in total. The molecule has 1 aliphatic heterocycles. The molecule has 27 heavy (non-hydrogen) atoms. The third-order valence-electron chi connectivity index (χ3n) is 4.51. The van der Waals surface area contributed by atoms with Gasteiger partial charge in [0.05, 0.1) is 20.0 Å². The van der Waals surface area contributed by atoms with Crippen LogP contribution >= 0.6 is 59.8 Å². The Bertz CT molecular complexity index is 355. The lowest BCUT2D eigenvalue weighted by Crippen LogP contribution is -2.55. The van der Waals surface area contributed by atoms with E-state index in [-0.39, 0.29) is 0 Å². The van der Waals surface area contributed by atoms with E-state index in [9.17, 15) is 0 Å². The minimum Gasteiger partial charge on any atom is -0.277 e. The minimum atomic E-state index is -0.919. The van der Waals surface area contributed by atoms with Crippen molar-refractivity contribution < 1.29 is 0 Å². The smallest absolute Gasteiger partial charge is 0.0530 e. The van der Waals surface area contributed by atoms with Crippen LogP contribution in [0.25, 0.3) is 0 Å². The van der Waals surface area contributed by atoms with Gasteiger partial charge < -0.3 is 0 Å². The Kier molecular flexibility index (Phi) is 11.9. The molecule has 3 nitrogen and oxygen atoms in total. The van der Waals surface area contributed by atoms with Gasteiger partial charge in [-0.15, -0.1) is 0 Å². The monoisotopic (exact) mass is 501 g/mol. The summed E-state index contributed by atoms with van der Waals surface area (Å²) in [6.45, 7) is 6.61. The minimum absolute atomic E-state index is 0.919. The van der Waals surface area contributed by atoms with Gasteiger partial charge in [0, 0.05) is 19.6 Å². The topological polar surface area (TPSA) is 9.72 Å². The van der Waals surface area contributed by atoms with E-state index in [1.807, 2.05) is 0 Å². The van der Waals surface area contributed by atoms with Crippen LogP contribution in [0.5, 0.6) is 0 Å². The summed E-state index contributed by atoms with van der Waals surface area (Å²) in [6, 6.07) is 0. The predicted molar refractivity (Wildman–Crippen MR) is 139 cm³/mol. The Morgan fingerprint density at radius 1 is 0.519 bits per heavy atom. The lowest BCUT2D eigenvalue weighted by atomic mass is 10.3. The van der Waals surface area contributed by atoms with Crippen LogP contribution in [0.3, 0.4) is 0 Å². The fourth-order valence-corrected chi connectivity index (χ4v) is 6.73. The lowest BCUT2D eigenvalue weighted by Gasteiger charge is -2.43. The highest BCUT2D eigenvalue weighted by Crippen LogP contribution is 2.46. The van der Waals surface area contributed by atoms with Crippen molar-refractivity contribution >= 4 is 59.8 Å². The van der Waals surface area contributed by atoms with Crippen LogP contribution in [0.1, 0.15) is 19.3 Å². The van der Waals surface area contributed by atoms with E-state index < -0.39 is 27.7 Å². The summed E-state index contributed by atoms with van der Waals surface area (Å²) in [5.74, 6) is 3.41. The molecule has 0 radical (unpaired) electrons. The van der Waals surface area contributed by atoms with Crippen LogP contribution < -0.4 is 0 Å². The highest BCUT2D eigenvalue weighted by Gasteiger charge is 2.23. The van der Waals surface area contributed by atoms with E-state index in [4.69, 9.17) is 32.0 Å². The van der Waals surface area contributed by atoms with Crippen LogP contribution in [-0.4, -0.2) is 109 Å². The Morgan fingerprint density at radius 3 is 0.926 bits per heavy atom. The molecule has 9 heteroatoms. The van der Waals surface area contributed by atoms with E-state index in [0.29, 0.717) is 0 Å². The zero-order valence-corrected chi connectivity index (χ0v) is 22.9. The second-order valence-electron chi connectivity index (χ2n) is 8.99. The molecule has 1 fully saturated rings. The largest absolute Gasteiger partial charge is 0.277 e. The van der Waals surface area contributed by atoms with Crippen molar-refractivity contribution in [3.8, 4) is 0 Å². The Hall–Kier alpha value is 1.80. The molecule has 1 saturated heterocycles. The van der Waals surface area contributed by atoms with Crippen molar-refractivity contribution in [2.45, 2.75) is 19.3 Å². The second-order valence-corrected chi connectivity index (χ2v) is 26.2. The molecule has 0 aromatic carbocycles. The summed E-state index contributed by atoms with van der Waals surface area (Å²) in [5.41, 5.74) is 0. The maximum Gasteiger partial charge on any atom is 0.0530 e. The molecule has 168 valence electrons. The first kappa shape index (κ1) is 26.8. The van der Waals surface area contributed by atoms with Crippen LogP contribution in [0.4, 0.5) is 0 Å². The number of hydrogen-bond acceptors (Lipinski definition) is 3. The standard InChI is InChI=1S/C18H42Cl3N3S3/c1-25(2,19)13-7-10-22-16-23(11-8-14-26(3,4)20)18-24(17-22)12-9-15-27(5,6)21/h7-18H2,1-6H3. The number of hydrogen-bond donors (Lipinski definition) is 0. The first-order chi connectivity index (χ1) is 12.2. The molecular formula is C18H42Cl3N3S3. The fourth-order valence-electron chi connectivity index (χ4n) is 3.30. The van der Waals surface area contributed by atoms with Gasteiger partial charge in [-0.1, -0.05) is 32.0 Å². The average molecular weight is 503 g/mol. The molecule has 0 aromatic rings. The molecule has 0 amide bonds. The first-order valence-electron chi connectivity index (χ1n) is 9.62. The predicted octanol–water partition coefficient (Wildman–Crippen LogP) is 5.60. The van der Waals surface area contributed by atoms with Gasteiger partial charge in [-0.3, -0.25) is 14.7 Å². The molecule has 0 saturated carbocycles. The van der Waals surface area contributed by atoms with Crippen molar-refractivity contribution in [2.75, 3.05) is 94.4 Å².